The van der Waals surface area contributed by atoms with Crippen LogP contribution < -0.4 is 5.32 Å². The number of aromatic nitrogens is 1. The third-order valence-electron chi connectivity index (χ3n) is 2.01. The first-order valence-electron chi connectivity index (χ1n) is 4.61. The van der Waals surface area contributed by atoms with Gasteiger partial charge in [0.1, 0.15) is 10.6 Å². The number of carbonyl (C=O) groups is 2. The van der Waals surface area contributed by atoms with E-state index in [0.29, 0.717) is 16.3 Å². The first-order valence-corrected chi connectivity index (χ1v) is 6.37. The van der Waals surface area contributed by atoms with E-state index in [-0.39, 0.29) is 10.8 Å². The number of aryl methyl sites for hydroxylation is 1. The number of nitrogens with zero attached hydrogens (tertiary/aromatic N) is 1. The molecular formula is C10H8N2O3S2. The highest BCUT2D eigenvalue weighted by Gasteiger charge is 2.15. The van der Waals surface area contributed by atoms with Crippen molar-refractivity contribution in [3.8, 4) is 0 Å². The molecule has 1 amide bonds. The van der Waals surface area contributed by atoms with E-state index in [4.69, 9.17) is 5.11 Å². The molecule has 0 fully saturated rings. The SMILES string of the molecule is Cc1cc(NC(=O)c2cscn2)sc1C(=O)O. The monoisotopic (exact) mass is 268 g/mol. The van der Waals surface area contributed by atoms with Crippen molar-refractivity contribution in [1.82, 2.24) is 4.98 Å². The Morgan fingerprint density at radius 3 is 2.76 bits per heavy atom. The van der Waals surface area contributed by atoms with Gasteiger partial charge in [0.15, 0.2) is 0 Å². The molecule has 17 heavy (non-hydrogen) atoms. The first-order chi connectivity index (χ1) is 8.08. The molecule has 0 aliphatic rings. The summed E-state index contributed by atoms with van der Waals surface area (Å²) in [6, 6.07) is 1.64. The predicted octanol–water partition coefficient (Wildman–Crippen LogP) is 2.46. The quantitative estimate of drug-likeness (QED) is 0.896. The van der Waals surface area contributed by atoms with Crippen LogP contribution in [0.4, 0.5) is 5.00 Å². The molecule has 0 radical (unpaired) electrons. The van der Waals surface area contributed by atoms with E-state index in [1.54, 1.807) is 23.9 Å². The molecule has 2 aromatic rings. The highest BCUT2D eigenvalue weighted by Crippen LogP contribution is 2.26. The molecule has 2 heterocycles. The topological polar surface area (TPSA) is 79.3 Å². The Balaban J connectivity index is 2.17. The minimum atomic E-state index is -0.985. The number of hydrogen-bond acceptors (Lipinski definition) is 5. The average Bonchev–Trinajstić information content (AvgIpc) is 2.86. The zero-order valence-corrected chi connectivity index (χ0v) is 10.4. The van der Waals surface area contributed by atoms with E-state index in [9.17, 15) is 9.59 Å². The molecular weight excluding hydrogens is 260 g/mol. The van der Waals surface area contributed by atoms with Gasteiger partial charge in [-0.25, -0.2) is 9.78 Å². The number of carboxylic acids is 1. The van der Waals surface area contributed by atoms with Crippen molar-refractivity contribution in [3.63, 3.8) is 0 Å². The standard InChI is InChI=1S/C10H8N2O3S2/c1-5-2-7(17-8(5)10(14)15)12-9(13)6-3-16-4-11-6/h2-4H,1H3,(H,12,13)(H,14,15). The van der Waals surface area contributed by atoms with Gasteiger partial charge in [-0.1, -0.05) is 0 Å². The van der Waals surface area contributed by atoms with Gasteiger partial charge >= 0.3 is 5.97 Å². The van der Waals surface area contributed by atoms with Crippen molar-refractivity contribution in [1.29, 1.82) is 0 Å². The highest BCUT2D eigenvalue weighted by molar-refractivity contribution is 7.18. The van der Waals surface area contributed by atoms with Gasteiger partial charge in [0, 0.05) is 5.38 Å². The highest BCUT2D eigenvalue weighted by atomic mass is 32.1. The van der Waals surface area contributed by atoms with E-state index in [2.05, 4.69) is 10.3 Å². The van der Waals surface area contributed by atoms with Gasteiger partial charge in [-0.15, -0.1) is 22.7 Å². The molecule has 88 valence electrons. The van der Waals surface area contributed by atoms with Gasteiger partial charge < -0.3 is 10.4 Å². The number of rotatable bonds is 3. The van der Waals surface area contributed by atoms with E-state index in [1.165, 1.54) is 11.3 Å². The minimum absolute atomic E-state index is 0.235. The summed E-state index contributed by atoms with van der Waals surface area (Å²) in [4.78, 5) is 26.6. The largest absolute Gasteiger partial charge is 0.477 e. The summed E-state index contributed by atoms with van der Waals surface area (Å²) in [6.45, 7) is 1.69. The van der Waals surface area contributed by atoms with Crippen molar-refractivity contribution in [2.75, 3.05) is 5.32 Å². The lowest BCUT2D eigenvalue weighted by molar-refractivity contribution is 0.0701. The lowest BCUT2D eigenvalue weighted by atomic mass is 10.3. The molecule has 0 saturated heterocycles. The van der Waals surface area contributed by atoms with E-state index in [1.807, 2.05) is 0 Å². The maximum atomic E-state index is 11.7. The van der Waals surface area contributed by atoms with Gasteiger partial charge in [0.25, 0.3) is 5.91 Å². The van der Waals surface area contributed by atoms with Gasteiger partial charge in [-0.05, 0) is 18.6 Å². The molecule has 2 aromatic heterocycles. The number of carbonyl (C=O) groups excluding carboxylic acids is 1. The minimum Gasteiger partial charge on any atom is -0.477 e. The van der Waals surface area contributed by atoms with Crippen LogP contribution in [0.1, 0.15) is 25.7 Å². The number of nitrogens with one attached hydrogen (secondary N) is 1. The van der Waals surface area contributed by atoms with Crippen LogP contribution in [0.25, 0.3) is 0 Å². The van der Waals surface area contributed by atoms with Crippen LogP contribution in [0.15, 0.2) is 17.0 Å². The lowest BCUT2D eigenvalue weighted by Gasteiger charge is -1.97. The number of aromatic carboxylic acids is 1. The molecule has 0 spiro atoms. The second-order valence-corrected chi connectivity index (χ2v) is 5.03. The maximum Gasteiger partial charge on any atom is 0.346 e. The smallest absolute Gasteiger partial charge is 0.346 e. The Kier molecular flexibility index (Phi) is 3.21. The molecule has 2 N–H and O–H groups in total. The van der Waals surface area contributed by atoms with Crippen LogP contribution >= 0.6 is 22.7 Å². The first kappa shape index (κ1) is 11.7. The third-order valence-corrected chi connectivity index (χ3v) is 3.74. The summed E-state index contributed by atoms with van der Waals surface area (Å²) in [6.07, 6.45) is 0. The molecule has 0 aliphatic carbocycles. The summed E-state index contributed by atoms with van der Waals surface area (Å²) in [5, 5.41) is 13.6. The Bertz CT molecular complexity index is 560. The normalized spacial score (nSPS) is 10.2. The van der Waals surface area contributed by atoms with Crippen LogP contribution in [-0.2, 0) is 0 Å². The van der Waals surface area contributed by atoms with E-state index in [0.717, 1.165) is 11.3 Å². The summed E-state index contributed by atoms with van der Waals surface area (Å²) >= 11 is 2.37. The zero-order chi connectivity index (χ0) is 12.4. The fourth-order valence-corrected chi connectivity index (χ4v) is 2.70. The maximum absolute atomic E-state index is 11.7. The summed E-state index contributed by atoms with van der Waals surface area (Å²) in [5.74, 6) is -1.31. The summed E-state index contributed by atoms with van der Waals surface area (Å²) in [5.41, 5.74) is 2.53. The summed E-state index contributed by atoms with van der Waals surface area (Å²) < 4.78 is 0. The number of amides is 1. The Hall–Kier alpha value is -1.73. The fraction of sp³-hybridized carbons (Fsp3) is 0.100. The second-order valence-electron chi connectivity index (χ2n) is 3.26. The molecule has 2 rings (SSSR count). The zero-order valence-electron chi connectivity index (χ0n) is 8.76. The molecule has 0 bridgehead atoms. The number of thiazole rings is 1. The van der Waals surface area contributed by atoms with Crippen molar-refractivity contribution >= 4 is 39.6 Å². The second kappa shape index (κ2) is 4.64. The van der Waals surface area contributed by atoms with Crippen molar-refractivity contribution in [3.05, 3.63) is 33.1 Å². The average molecular weight is 268 g/mol. The van der Waals surface area contributed by atoms with Gasteiger partial charge in [0.05, 0.1) is 10.5 Å². The number of carboxylic acid groups (broad SMARTS) is 1. The van der Waals surface area contributed by atoms with Gasteiger partial charge in [-0.2, -0.15) is 0 Å². The van der Waals surface area contributed by atoms with Gasteiger partial charge in [-0.3, -0.25) is 4.79 Å². The Labute approximate surface area is 105 Å². The van der Waals surface area contributed by atoms with Crippen molar-refractivity contribution in [2.24, 2.45) is 0 Å². The number of hydrogen-bond donors (Lipinski definition) is 2. The molecule has 7 heteroatoms. The van der Waals surface area contributed by atoms with E-state index >= 15 is 0 Å². The Morgan fingerprint density at radius 1 is 1.47 bits per heavy atom. The summed E-state index contributed by atoms with van der Waals surface area (Å²) in [7, 11) is 0. The predicted molar refractivity (Wildman–Crippen MR) is 66.1 cm³/mol. The number of anilines is 1. The molecule has 0 aliphatic heterocycles. The van der Waals surface area contributed by atoms with E-state index < -0.39 is 5.97 Å². The van der Waals surface area contributed by atoms with Crippen LogP contribution in [-0.4, -0.2) is 22.0 Å². The molecule has 0 aromatic carbocycles. The van der Waals surface area contributed by atoms with Crippen molar-refractivity contribution in [2.45, 2.75) is 6.92 Å². The van der Waals surface area contributed by atoms with Crippen LogP contribution in [0.5, 0.6) is 0 Å². The van der Waals surface area contributed by atoms with Crippen LogP contribution in [0, 0.1) is 6.92 Å². The third kappa shape index (κ3) is 2.51. The van der Waals surface area contributed by atoms with Crippen LogP contribution in [0.3, 0.4) is 0 Å². The Morgan fingerprint density at radius 2 is 2.24 bits per heavy atom. The van der Waals surface area contributed by atoms with Crippen molar-refractivity contribution < 1.29 is 14.7 Å². The lowest BCUT2D eigenvalue weighted by Crippen LogP contribution is -2.10. The molecule has 0 unspecified atom stereocenters. The number of thiophene rings is 1. The van der Waals surface area contributed by atoms with Gasteiger partial charge in [0.2, 0.25) is 0 Å². The molecule has 5 nitrogen and oxygen atoms in total. The van der Waals surface area contributed by atoms with Crippen LogP contribution in [0.2, 0.25) is 0 Å². The molecule has 0 saturated carbocycles. The fourth-order valence-electron chi connectivity index (χ4n) is 1.26. The molecule has 0 atom stereocenters.